The molecule has 0 aliphatic heterocycles. The van der Waals surface area contributed by atoms with Gasteiger partial charge in [0.2, 0.25) is 0 Å². The molecule has 6 aromatic rings. The van der Waals surface area contributed by atoms with Crippen LogP contribution in [0.25, 0.3) is 10.8 Å². The molecule has 0 aliphatic rings. The van der Waals surface area contributed by atoms with Gasteiger partial charge in [0.25, 0.3) is 0 Å². The van der Waals surface area contributed by atoms with Gasteiger partial charge in [-0.25, -0.2) is 10.5 Å². The number of ether oxygens (including phenoxy) is 4. The second kappa shape index (κ2) is 20.4. The molecular formula is C39H35N7O11S2. The number of fused-ring (bicyclic) bond motifs is 1. The number of azo groups is 3. The molecule has 0 saturated heterocycles. The molecule has 0 radical (unpaired) electrons. The van der Waals surface area contributed by atoms with E-state index in [2.05, 4.69) is 50.4 Å². The molecule has 304 valence electrons. The second-order valence-electron chi connectivity index (χ2n) is 11.9. The number of aromatic hydroxyl groups is 1. The second-order valence-corrected chi connectivity index (χ2v) is 13.4. The van der Waals surface area contributed by atoms with E-state index in [9.17, 15) is 5.11 Å². The van der Waals surface area contributed by atoms with Gasteiger partial charge >= 0.3 is 0 Å². The fraction of sp³-hybridized carbons (Fsp3) is 0.128. The number of para-hydroxylation sites is 1. The van der Waals surface area contributed by atoms with Gasteiger partial charge in [-0.3, -0.25) is 0 Å². The fourth-order valence-electron chi connectivity index (χ4n) is 5.54. The van der Waals surface area contributed by atoms with Crippen LogP contribution in [-0.2, 0) is 18.7 Å². The van der Waals surface area contributed by atoms with E-state index >= 15 is 0 Å². The number of anilines is 2. The summed E-state index contributed by atoms with van der Waals surface area (Å²) in [4.78, 5) is 0.858. The van der Waals surface area contributed by atoms with Crippen molar-refractivity contribution in [1.29, 1.82) is 0 Å². The number of rotatable bonds is 18. The van der Waals surface area contributed by atoms with E-state index in [4.69, 9.17) is 33.8 Å². The molecule has 6 rings (SSSR count). The monoisotopic (exact) mass is 841 g/mol. The van der Waals surface area contributed by atoms with Crippen LogP contribution in [0.15, 0.2) is 138 Å². The normalized spacial score (nSPS) is 11.6. The van der Waals surface area contributed by atoms with Crippen LogP contribution in [0.3, 0.4) is 0 Å². The zero-order valence-corrected chi connectivity index (χ0v) is 33.5. The number of benzene rings is 6. The van der Waals surface area contributed by atoms with Crippen molar-refractivity contribution in [3.63, 3.8) is 0 Å². The first-order valence-electron chi connectivity index (χ1n) is 17.1. The molecule has 18 nitrogen and oxygen atoms in total. The zero-order chi connectivity index (χ0) is 41.7. The predicted molar refractivity (Wildman–Crippen MR) is 219 cm³/mol. The number of hydrogen-bond donors (Lipinski definition) is 4. The number of nitrogens with one attached hydrogen (secondary N) is 1. The van der Waals surface area contributed by atoms with Crippen molar-refractivity contribution in [2.75, 3.05) is 33.8 Å². The van der Waals surface area contributed by atoms with Crippen LogP contribution in [0.1, 0.15) is 5.56 Å². The van der Waals surface area contributed by atoms with E-state index in [1.54, 1.807) is 61.5 Å². The highest BCUT2D eigenvalue weighted by molar-refractivity contribution is 7.94. The lowest BCUT2D eigenvalue weighted by atomic mass is 10.1. The fourth-order valence-corrected chi connectivity index (χ4v) is 6.42. The van der Waals surface area contributed by atoms with Crippen molar-refractivity contribution in [2.45, 2.75) is 16.7 Å². The summed E-state index contributed by atoms with van der Waals surface area (Å²) in [5.74, 6) is 1.22. The Morgan fingerprint density at radius 1 is 0.525 bits per heavy atom. The summed E-state index contributed by atoms with van der Waals surface area (Å²) in [5, 5.41) is 67.1. The molecule has 0 bridgehead atoms. The summed E-state index contributed by atoms with van der Waals surface area (Å²) >= 11 is 1.40. The molecule has 0 spiro atoms. The van der Waals surface area contributed by atoms with Gasteiger partial charge in [-0.15, -0.1) is 34.2 Å². The maximum absolute atomic E-state index is 11.4. The molecule has 20 heteroatoms. The maximum atomic E-state index is 11.4. The van der Waals surface area contributed by atoms with Gasteiger partial charge in [0, 0.05) is 39.9 Å². The third kappa shape index (κ3) is 10.4. The van der Waals surface area contributed by atoms with E-state index in [0.717, 1.165) is 23.4 Å². The van der Waals surface area contributed by atoms with Crippen LogP contribution in [-0.4, -0.2) is 44.1 Å². The molecule has 0 unspecified atom stereocenters. The van der Waals surface area contributed by atoms with Gasteiger partial charge in [-0.05, 0) is 78.5 Å². The Hall–Kier alpha value is -6.36. The highest BCUT2D eigenvalue weighted by Crippen LogP contribution is 2.46. The Bertz CT molecular complexity index is 2510. The van der Waals surface area contributed by atoms with Crippen LogP contribution >= 0.6 is 24.1 Å². The topological polar surface area (TPSA) is 221 Å². The van der Waals surface area contributed by atoms with Crippen LogP contribution in [0.4, 0.5) is 45.5 Å². The summed E-state index contributed by atoms with van der Waals surface area (Å²) in [5.41, 5.74) is 4.19. The predicted octanol–water partition coefficient (Wildman–Crippen LogP) is 12.7. The molecule has 0 atom stereocenters. The van der Waals surface area contributed by atoms with E-state index in [1.807, 2.05) is 42.5 Å². The van der Waals surface area contributed by atoms with Crippen molar-refractivity contribution in [1.82, 2.24) is 0 Å². The SMILES string of the molecule is COc1cc(N=Nc2cc(SOOO)ccc2OC)c(OC)cc1N=Nc1cc(OC)c(N=Nc2c(SOOO)cc3cc(Nc4ccccc4)ccc3c2O)cc1C. The summed E-state index contributed by atoms with van der Waals surface area (Å²) in [7, 11) is 5.91. The number of hydrogen-bond acceptors (Lipinski definition) is 20. The summed E-state index contributed by atoms with van der Waals surface area (Å²) in [6.45, 7) is 1.81. The lowest BCUT2D eigenvalue weighted by molar-refractivity contribution is -0.432. The molecule has 6 aromatic carbocycles. The summed E-state index contributed by atoms with van der Waals surface area (Å²) in [6.07, 6.45) is 0. The van der Waals surface area contributed by atoms with Crippen LogP contribution in [0.2, 0.25) is 0 Å². The van der Waals surface area contributed by atoms with Gasteiger partial charge < -0.3 is 29.4 Å². The lowest BCUT2D eigenvalue weighted by Gasteiger charge is -2.12. The van der Waals surface area contributed by atoms with Crippen molar-refractivity contribution >= 4 is 80.4 Å². The minimum Gasteiger partial charge on any atom is -0.505 e. The van der Waals surface area contributed by atoms with Crippen LogP contribution < -0.4 is 24.3 Å². The minimum absolute atomic E-state index is 0.0604. The first-order valence-corrected chi connectivity index (χ1v) is 18.6. The van der Waals surface area contributed by atoms with Crippen molar-refractivity contribution in [3.05, 3.63) is 103 Å². The molecule has 0 aromatic heterocycles. The van der Waals surface area contributed by atoms with Gasteiger partial charge in [-0.2, -0.15) is 5.11 Å². The third-order valence-corrected chi connectivity index (χ3v) is 9.54. The Labute approximate surface area is 345 Å². The third-order valence-electron chi connectivity index (χ3n) is 8.35. The summed E-state index contributed by atoms with van der Waals surface area (Å²) < 4.78 is 31.4. The molecule has 0 saturated carbocycles. The zero-order valence-electron chi connectivity index (χ0n) is 31.8. The van der Waals surface area contributed by atoms with E-state index in [-0.39, 0.29) is 11.4 Å². The van der Waals surface area contributed by atoms with Crippen molar-refractivity contribution in [3.8, 4) is 28.7 Å². The first-order chi connectivity index (χ1) is 28.8. The standard InChI is InChI=1S/C39H35N7O11S2/c1-22-15-29(45-46-38-37(59-57-55-49)17-23-16-25(11-13-27(23)39(38)47)40-24-9-7-6-8-10-24)34(51-3)19-28(22)41-43-31-20-36(53-5)32(21-35(31)52-4)44-42-30-18-26(58-56-54-48)12-14-33(30)50-2/h6-21,40,47-49H,1-5H3. The molecule has 4 N–H and O–H groups in total. The van der Waals surface area contributed by atoms with Gasteiger partial charge in [0.05, 0.1) is 63.1 Å². The lowest BCUT2D eigenvalue weighted by Crippen LogP contribution is -1.90. The smallest absolute Gasteiger partial charge is 0.152 e. The average Bonchev–Trinajstić information content (AvgIpc) is 3.26. The Morgan fingerprint density at radius 2 is 1.08 bits per heavy atom. The minimum atomic E-state index is -0.174. The number of phenols is 1. The van der Waals surface area contributed by atoms with Gasteiger partial charge in [0.15, 0.2) is 5.75 Å². The number of phenolic OH excluding ortho intramolecular Hbond substituents is 1. The van der Waals surface area contributed by atoms with Crippen molar-refractivity contribution < 1.29 is 53.3 Å². The first kappa shape index (κ1) is 42.3. The quantitative estimate of drug-likeness (QED) is 0.0274. The van der Waals surface area contributed by atoms with E-state index < -0.39 is 0 Å². The van der Waals surface area contributed by atoms with E-state index in [0.29, 0.717) is 89.6 Å². The molecular weight excluding hydrogens is 807 g/mol. The average molecular weight is 842 g/mol. The van der Waals surface area contributed by atoms with Crippen LogP contribution in [0.5, 0.6) is 28.7 Å². The number of aryl methyl sites for hydroxylation is 1. The van der Waals surface area contributed by atoms with E-state index in [1.165, 1.54) is 28.4 Å². The maximum Gasteiger partial charge on any atom is 0.152 e. The molecule has 0 fully saturated rings. The summed E-state index contributed by atoms with van der Waals surface area (Å²) in [6, 6.07) is 28.3. The van der Waals surface area contributed by atoms with Gasteiger partial charge in [-0.1, -0.05) is 28.3 Å². The molecule has 59 heavy (non-hydrogen) atoms. The van der Waals surface area contributed by atoms with Crippen molar-refractivity contribution in [2.24, 2.45) is 30.7 Å². The Morgan fingerprint density at radius 3 is 1.71 bits per heavy atom. The molecule has 0 amide bonds. The number of nitrogens with zero attached hydrogens (tertiary/aromatic N) is 6. The Balaban J connectivity index is 1.27. The van der Waals surface area contributed by atoms with Gasteiger partial charge in [0.1, 0.15) is 51.4 Å². The Kier molecular flexibility index (Phi) is 14.6. The number of methoxy groups -OCH3 is 4. The highest BCUT2D eigenvalue weighted by atomic mass is 32.2. The highest BCUT2D eigenvalue weighted by Gasteiger charge is 2.18. The molecule has 0 aliphatic carbocycles. The molecule has 0 heterocycles. The largest absolute Gasteiger partial charge is 0.505 e. The van der Waals surface area contributed by atoms with Crippen LogP contribution in [0, 0.1) is 6.92 Å².